The second-order valence-corrected chi connectivity index (χ2v) is 8.31. The van der Waals surface area contributed by atoms with Gasteiger partial charge in [-0.2, -0.15) is 8.42 Å². The smallest absolute Gasteiger partial charge is 0.410 e. The van der Waals surface area contributed by atoms with Gasteiger partial charge in [-0.05, 0) is 28.8 Å². The molecule has 2 fully saturated rings. The van der Waals surface area contributed by atoms with E-state index in [1.165, 1.54) is 12.1 Å². The highest BCUT2D eigenvalue weighted by Gasteiger charge is 2.41. The fourth-order valence-corrected chi connectivity index (χ4v) is 4.05. The first-order valence-corrected chi connectivity index (χ1v) is 10.2. The molecule has 2 atom stereocenters. The molecule has 2 N–H and O–H groups in total. The van der Waals surface area contributed by atoms with Crippen LogP contribution in [0.5, 0.6) is 0 Å². The van der Waals surface area contributed by atoms with Gasteiger partial charge in [0, 0.05) is 31.6 Å². The van der Waals surface area contributed by atoms with E-state index in [1.54, 1.807) is 17.0 Å². The highest BCUT2D eigenvalue weighted by molar-refractivity contribution is 7.85. The molecule has 0 unspecified atom stereocenters. The summed E-state index contributed by atoms with van der Waals surface area (Å²) in [5.74, 6) is 0.533. The lowest BCUT2D eigenvalue weighted by Crippen LogP contribution is -2.51. The van der Waals surface area contributed by atoms with Crippen LogP contribution in [0.3, 0.4) is 0 Å². The Kier molecular flexibility index (Phi) is 4.63. The fraction of sp³-hybridized carbons (Fsp3) is 0.316. The van der Waals surface area contributed by atoms with Gasteiger partial charge in [0.1, 0.15) is 6.61 Å². The van der Waals surface area contributed by atoms with Crippen molar-refractivity contribution in [3.63, 3.8) is 0 Å². The Morgan fingerprint density at radius 1 is 1.15 bits per heavy atom. The number of ether oxygens (including phenoxy) is 1. The molecule has 2 aliphatic rings. The molecule has 8 heteroatoms. The van der Waals surface area contributed by atoms with Crippen LogP contribution in [-0.4, -0.2) is 49.6 Å². The van der Waals surface area contributed by atoms with Gasteiger partial charge >= 0.3 is 6.09 Å². The molecule has 0 bridgehead atoms. The maximum Gasteiger partial charge on any atom is 0.410 e. The summed E-state index contributed by atoms with van der Waals surface area (Å²) in [5.41, 5.74) is 2.44. The van der Waals surface area contributed by atoms with Crippen LogP contribution in [0.15, 0.2) is 53.4 Å². The molecule has 142 valence electrons. The third-order valence-electron chi connectivity index (χ3n) is 5.17. The lowest BCUT2D eigenvalue weighted by atomic mass is 9.96. The summed E-state index contributed by atoms with van der Waals surface area (Å²) in [5, 5.41) is 3.30. The van der Waals surface area contributed by atoms with Crippen molar-refractivity contribution in [2.45, 2.75) is 17.5 Å². The Hall–Kier alpha value is -2.42. The topological polar surface area (TPSA) is 95.9 Å². The number of carbonyl (C=O) groups is 1. The minimum atomic E-state index is -4.23. The zero-order chi connectivity index (χ0) is 19.0. The van der Waals surface area contributed by atoms with E-state index in [4.69, 9.17) is 9.29 Å². The first-order chi connectivity index (χ1) is 12.9. The molecule has 2 aromatic carbocycles. The van der Waals surface area contributed by atoms with Crippen molar-refractivity contribution >= 4 is 16.2 Å². The van der Waals surface area contributed by atoms with Crippen molar-refractivity contribution in [1.82, 2.24) is 10.2 Å². The molecular formula is C19H20N2O5S. The molecule has 2 heterocycles. The Labute approximate surface area is 157 Å². The number of hydrogen-bond donors (Lipinski definition) is 2. The second-order valence-electron chi connectivity index (χ2n) is 6.89. The number of fused-ring (bicyclic) bond motifs is 1. The predicted molar refractivity (Wildman–Crippen MR) is 98.7 cm³/mol. The summed E-state index contributed by atoms with van der Waals surface area (Å²) in [6.45, 7) is 2.50. The molecule has 2 saturated heterocycles. The van der Waals surface area contributed by atoms with E-state index in [-0.39, 0.29) is 17.6 Å². The van der Waals surface area contributed by atoms with Crippen molar-refractivity contribution in [2.24, 2.45) is 5.92 Å². The normalized spacial score (nSPS) is 21.4. The van der Waals surface area contributed by atoms with Crippen LogP contribution >= 0.6 is 0 Å². The van der Waals surface area contributed by atoms with Crippen molar-refractivity contribution in [3.8, 4) is 11.1 Å². The first kappa shape index (κ1) is 18.0. The van der Waals surface area contributed by atoms with Crippen LogP contribution in [-0.2, 0) is 21.5 Å². The molecule has 0 spiro atoms. The first-order valence-electron chi connectivity index (χ1n) is 8.73. The Bertz CT molecular complexity index is 946. The van der Waals surface area contributed by atoms with Crippen LogP contribution in [0.4, 0.5) is 4.79 Å². The minimum Gasteiger partial charge on any atom is -0.445 e. The van der Waals surface area contributed by atoms with E-state index in [2.05, 4.69) is 5.32 Å². The van der Waals surface area contributed by atoms with Crippen LogP contribution in [0.1, 0.15) is 5.56 Å². The van der Waals surface area contributed by atoms with Crippen molar-refractivity contribution in [2.75, 3.05) is 19.6 Å². The van der Waals surface area contributed by atoms with Crippen molar-refractivity contribution in [3.05, 3.63) is 54.1 Å². The fourth-order valence-electron chi connectivity index (χ4n) is 3.57. The number of hydrogen-bond acceptors (Lipinski definition) is 5. The minimum absolute atomic E-state index is 0.133. The molecule has 1 amide bonds. The molecule has 27 heavy (non-hydrogen) atoms. The van der Waals surface area contributed by atoms with Crippen LogP contribution in [0, 0.1) is 5.92 Å². The maximum absolute atomic E-state index is 12.3. The number of rotatable bonds is 4. The quantitative estimate of drug-likeness (QED) is 0.779. The number of nitrogens with zero attached hydrogens (tertiary/aromatic N) is 1. The molecule has 0 radical (unpaired) electrons. The summed E-state index contributed by atoms with van der Waals surface area (Å²) in [4.78, 5) is 13.9. The molecule has 7 nitrogen and oxygen atoms in total. The van der Waals surface area contributed by atoms with E-state index < -0.39 is 10.1 Å². The predicted octanol–water partition coefficient (Wildman–Crippen LogP) is 2.14. The summed E-state index contributed by atoms with van der Waals surface area (Å²) in [6.07, 6.45) is -0.317. The molecule has 2 aromatic rings. The number of carbonyl (C=O) groups excluding carboxylic acids is 1. The van der Waals surface area contributed by atoms with Crippen molar-refractivity contribution < 1.29 is 22.5 Å². The monoisotopic (exact) mass is 388 g/mol. The zero-order valence-corrected chi connectivity index (χ0v) is 15.4. The lowest BCUT2D eigenvalue weighted by molar-refractivity contribution is 0.104. The van der Waals surface area contributed by atoms with Gasteiger partial charge in [0.25, 0.3) is 10.1 Å². The van der Waals surface area contributed by atoms with Gasteiger partial charge < -0.3 is 15.0 Å². The van der Waals surface area contributed by atoms with Gasteiger partial charge in [0.15, 0.2) is 0 Å². The number of nitrogens with one attached hydrogen (secondary N) is 1. The van der Waals surface area contributed by atoms with Crippen LogP contribution in [0.2, 0.25) is 0 Å². The second kappa shape index (κ2) is 6.95. The Morgan fingerprint density at radius 3 is 2.48 bits per heavy atom. The van der Waals surface area contributed by atoms with Gasteiger partial charge in [0.2, 0.25) is 0 Å². The number of likely N-dealkylation sites (tertiary alicyclic amines) is 1. The highest BCUT2D eigenvalue weighted by Crippen LogP contribution is 2.27. The summed E-state index contributed by atoms with van der Waals surface area (Å²) < 4.78 is 37.0. The van der Waals surface area contributed by atoms with Gasteiger partial charge in [-0.3, -0.25) is 4.55 Å². The zero-order valence-electron chi connectivity index (χ0n) is 14.5. The molecule has 0 aliphatic carbocycles. The standard InChI is InChI=1S/C19H20N2O5S/c22-19(21-10-15-9-20-18(15)11-21)26-12-14-3-1-2-4-17(14)13-5-7-16(8-6-13)27(23,24)25/h1-8,15,18,20H,9-12H2,(H,23,24,25)/t15-,18+/m0/s1. The Balaban J connectivity index is 1.47. The largest absolute Gasteiger partial charge is 0.445 e. The molecule has 0 aromatic heterocycles. The lowest BCUT2D eigenvalue weighted by Gasteiger charge is -2.29. The van der Waals surface area contributed by atoms with E-state index in [9.17, 15) is 13.2 Å². The third-order valence-corrected chi connectivity index (χ3v) is 6.04. The van der Waals surface area contributed by atoms with Gasteiger partial charge in [-0.15, -0.1) is 0 Å². The van der Waals surface area contributed by atoms with E-state index in [0.29, 0.717) is 18.5 Å². The van der Waals surface area contributed by atoms with Crippen molar-refractivity contribution in [1.29, 1.82) is 0 Å². The Morgan fingerprint density at radius 2 is 1.89 bits per heavy atom. The summed E-state index contributed by atoms with van der Waals surface area (Å²) >= 11 is 0. The SMILES string of the molecule is O=C(OCc1ccccc1-c1ccc(S(=O)(=O)O)cc1)N1C[C@@H]2CN[C@@H]2C1. The average Bonchev–Trinajstić information content (AvgIpc) is 2.94. The van der Waals surface area contributed by atoms with E-state index >= 15 is 0 Å². The van der Waals surface area contributed by atoms with E-state index in [1.807, 2.05) is 24.3 Å². The number of benzene rings is 2. The third kappa shape index (κ3) is 3.69. The van der Waals surface area contributed by atoms with Gasteiger partial charge in [-0.1, -0.05) is 36.4 Å². The molecular weight excluding hydrogens is 368 g/mol. The maximum atomic E-state index is 12.3. The average molecular weight is 388 g/mol. The molecule has 4 rings (SSSR count). The van der Waals surface area contributed by atoms with E-state index in [0.717, 1.165) is 29.8 Å². The van der Waals surface area contributed by atoms with Crippen LogP contribution in [0.25, 0.3) is 11.1 Å². The molecule has 0 saturated carbocycles. The highest BCUT2D eigenvalue weighted by atomic mass is 32.2. The number of amides is 1. The summed E-state index contributed by atoms with van der Waals surface area (Å²) in [7, 11) is -4.23. The summed E-state index contributed by atoms with van der Waals surface area (Å²) in [6, 6.07) is 13.8. The van der Waals surface area contributed by atoms with Gasteiger partial charge in [0.05, 0.1) is 4.90 Å². The van der Waals surface area contributed by atoms with Gasteiger partial charge in [-0.25, -0.2) is 4.79 Å². The molecule has 2 aliphatic heterocycles. The van der Waals surface area contributed by atoms with Crippen LogP contribution < -0.4 is 5.32 Å².